The number of hydrogen-bond donors (Lipinski definition) is 1. The lowest BCUT2D eigenvalue weighted by molar-refractivity contribution is 0.360. The van der Waals surface area contributed by atoms with E-state index in [0.717, 1.165) is 0 Å². The number of piperazine rings is 1. The van der Waals surface area contributed by atoms with Gasteiger partial charge in [0, 0.05) is 31.7 Å². The number of benzene rings is 1. The summed E-state index contributed by atoms with van der Waals surface area (Å²) in [7, 11) is -3.36. The molecule has 98 valence electrons. The summed E-state index contributed by atoms with van der Waals surface area (Å²) in [4.78, 5) is 0.304. The van der Waals surface area contributed by atoms with Gasteiger partial charge in [0.25, 0.3) is 0 Å². The number of sulfonamides is 1. The van der Waals surface area contributed by atoms with Gasteiger partial charge in [0.1, 0.15) is 0 Å². The molecule has 1 heterocycles. The summed E-state index contributed by atoms with van der Waals surface area (Å²) in [5.74, 6) is 2.47. The Hall–Kier alpha value is -1.06. The third kappa shape index (κ3) is 3.03. The lowest BCUT2D eigenvalue weighted by atomic mass is 10.2. The van der Waals surface area contributed by atoms with Crippen molar-refractivity contribution in [1.29, 1.82) is 0 Å². The lowest BCUT2D eigenvalue weighted by Crippen LogP contribution is -2.46. The number of nitrogens with zero attached hydrogens (tertiary/aromatic N) is 1. The summed E-state index contributed by atoms with van der Waals surface area (Å²) in [5, 5.41) is 3.12. The Bertz CT molecular complexity index is 528. The molecule has 1 N–H and O–H groups in total. The van der Waals surface area contributed by atoms with Gasteiger partial charge in [-0.25, -0.2) is 8.42 Å². The van der Waals surface area contributed by atoms with Crippen molar-refractivity contribution in [2.45, 2.75) is 4.90 Å². The molecule has 0 amide bonds. The van der Waals surface area contributed by atoms with Gasteiger partial charge in [-0.15, -0.1) is 18.8 Å². The second-order valence-corrected chi connectivity index (χ2v) is 5.76. The molecule has 4 nitrogen and oxygen atoms in total. The van der Waals surface area contributed by atoms with Gasteiger partial charge >= 0.3 is 0 Å². The average Bonchev–Trinajstić information content (AvgIpc) is 2.40. The fourth-order valence-electron chi connectivity index (χ4n) is 1.76. The van der Waals surface area contributed by atoms with Crippen LogP contribution in [-0.4, -0.2) is 38.9 Å². The van der Waals surface area contributed by atoms with E-state index in [-0.39, 0.29) is 12.4 Å². The van der Waals surface area contributed by atoms with E-state index < -0.39 is 10.0 Å². The van der Waals surface area contributed by atoms with E-state index in [1.165, 1.54) is 4.31 Å². The smallest absolute Gasteiger partial charge is 0.243 e. The van der Waals surface area contributed by atoms with E-state index in [4.69, 9.17) is 6.42 Å². The van der Waals surface area contributed by atoms with Crippen molar-refractivity contribution in [2.24, 2.45) is 0 Å². The summed E-state index contributed by atoms with van der Waals surface area (Å²) in [6.07, 6.45) is 5.23. The molecular formula is C12H15ClN2O2S. The van der Waals surface area contributed by atoms with Crippen molar-refractivity contribution < 1.29 is 8.42 Å². The second kappa shape index (κ2) is 6.21. The Morgan fingerprint density at radius 2 is 1.72 bits per heavy atom. The number of halogens is 1. The summed E-state index contributed by atoms with van der Waals surface area (Å²) < 4.78 is 26.0. The zero-order chi connectivity index (χ0) is 12.3. The van der Waals surface area contributed by atoms with Crippen molar-refractivity contribution in [3.63, 3.8) is 0 Å². The molecule has 0 bridgehead atoms. The molecule has 0 radical (unpaired) electrons. The highest BCUT2D eigenvalue weighted by molar-refractivity contribution is 7.89. The molecule has 1 fully saturated rings. The third-order valence-corrected chi connectivity index (χ3v) is 4.65. The Labute approximate surface area is 114 Å². The zero-order valence-electron chi connectivity index (χ0n) is 9.80. The second-order valence-electron chi connectivity index (χ2n) is 3.82. The molecule has 6 heteroatoms. The quantitative estimate of drug-likeness (QED) is 0.814. The van der Waals surface area contributed by atoms with E-state index in [1.54, 1.807) is 24.3 Å². The van der Waals surface area contributed by atoms with Gasteiger partial charge < -0.3 is 5.32 Å². The van der Waals surface area contributed by atoms with Crippen LogP contribution in [0.3, 0.4) is 0 Å². The largest absolute Gasteiger partial charge is 0.314 e. The van der Waals surface area contributed by atoms with E-state index in [9.17, 15) is 8.42 Å². The molecule has 1 aromatic rings. The highest BCUT2D eigenvalue weighted by Crippen LogP contribution is 2.16. The topological polar surface area (TPSA) is 49.4 Å². The van der Waals surface area contributed by atoms with Crippen LogP contribution in [0.25, 0.3) is 0 Å². The van der Waals surface area contributed by atoms with Crippen LogP contribution in [0.15, 0.2) is 29.2 Å². The maximum Gasteiger partial charge on any atom is 0.243 e. The van der Waals surface area contributed by atoms with Crippen LogP contribution in [0.1, 0.15) is 5.56 Å². The molecule has 1 saturated heterocycles. The summed E-state index contributed by atoms with van der Waals surface area (Å²) in [6, 6.07) is 6.42. The van der Waals surface area contributed by atoms with Gasteiger partial charge in [-0.1, -0.05) is 5.92 Å². The first-order valence-corrected chi connectivity index (χ1v) is 6.86. The fraction of sp³-hybridized carbons (Fsp3) is 0.333. The SMILES string of the molecule is C#Cc1ccc(S(=O)(=O)N2CCNCC2)cc1.Cl. The standard InChI is InChI=1S/C12H14N2O2S.ClH/c1-2-11-3-5-12(6-4-11)17(15,16)14-9-7-13-8-10-14;/h1,3-6,13H,7-10H2;1H. The number of terminal acetylenes is 1. The first-order chi connectivity index (χ1) is 8.14. The molecule has 0 atom stereocenters. The van der Waals surface area contributed by atoms with Crippen LogP contribution in [0.2, 0.25) is 0 Å². The first kappa shape index (κ1) is 15.0. The molecule has 0 spiro atoms. The summed E-state index contributed by atoms with van der Waals surface area (Å²) in [6.45, 7) is 2.42. The number of hydrogen-bond acceptors (Lipinski definition) is 3. The Kier molecular flexibility index (Phi) is 5.17. The Balaban J connectivity index is 0.00000162. The molecule has 0 aliphatic carbocycles. The molecule has 18 heavy (non-hydrogen) atoms. The molecule has 1 aromatic carbocycles. The normalized spacial score (nSPS) is 16.6. The van der Waals surface area contributed by atoms with Crippen molar-refractivity contribution in [3.05, 3.63) is 29.8 Å². The van der Waals surface area contributed by atoms with E-state index in [0.29, 0.717) is 36.6 Å². The molecular weight excluding hydrogens is 272 g/mol. The van der Waals surface area contributed by atoms with Gasteiger partial charge in [0.05, 0.1) is 4.90 Å². The Morgan fingerprint density at radius 3 is 2.22 bits per heavy atom. The monoisotopic (exact) mass is 286 g/mol. The van der Waals surface area contributed by atoms with Crippen LogP contribution >= 0.6 is 12.4 Å². The van der Waals surface area contributed by atoms with Gasteiger partial charge in [0.2, 0.25) is 10.0 Å². The number of nitrogens with one attached hydrogen (secondary N) is 1. The van der Waals surface area contributed by atoms with Crippen molar-refractivity contribution in [1.82, 2.24) is 9.62 Å². The van der Waals surface area contributed by atoms with Gasteiger partial charge in [0.15, 0.2) is 0 Å². The number of rotatable bonds is 2. The van der Waals surface area contributed by atoms with Crippen LogP contribution < -0.4 is 5.32 Å². The van der Waals surface area contributed by atoms with Crippen LogP contribution in [0.4, 0.5) is 0 Å². The van der Waals surface area contributed by atoms with Gasteiger partial charge in [-0.2, -0.15) is 4.31 Å². The third-order valence-electron chi connectivity index (χ3n) is 2.73. The minimum Gasteiger partial charge on any atom is -0.314 e. The first-order valence-electron chi connectivity index (χ1n) is 5.42. The lowest BCUT2D eigenvalue weighted by Gasteiger charge is -2.26. The molecule has 0 aromatic heterocycles. The minimum atomic E-state index is -3.36. The van der Waals surface area contributed by atoms with E-state index in [1.807, 2.05) is 0 Å². The molecule has 1 aliphatic rings. The van der Waals surface area contributed by atoms with Crippen LogP contribution in [0.5, 0.6) is 0 Å². The van der Waals surface area contributed by atoms with Crippen molar-refractivity contribution in [3.8, 4) is 12.3 Å². The summed E-state index contributed by atoms with van der Waals surface area (Å²) >= 11 is 0. The van der Waals surface area contributed by atoms with Gasteiger partial charge in [-0.05, 0) is 24.3 Å². The summed E-state index contributed by atoms with van der Waals surface area (Å²) in [5.41, 5.74) is 0.685. The maximum absolute atomic E-state index is 12.2. The maximum atomic E-state index is 12.2. The van der Waals surface area contributed by atoms with Crippen molar-refractivity contribution >= 4 is 22.4 Å². The molecule has 2 rings (SSSR count). The van der Waals surface area contributed by atoms with E-state index in [2.05, 4.69) is 11.2 Å². The fourth-order valence-corrected chi connectivity index (χ4v) is 3.20. The molecule has 0 saturated carbocycles. The van der Waals surface area contributed by atoms with Crippen molar-refractivity contribution in [2.75, 3.05) is 26.2 Å². The predicted molar refractivity (Wildman–Crippen MR) is 73.3 cm³/mol. The average molecular weight is 287 g/mol. The highest BCUT2D eigenvalue weighted by atomic mass is 35.5. The van der Waals surface area contributed by atoms with Crippen LogP contribution in [0, 0.1) is 12.3 Å². The highest BCUT2D eigenvalue weighted by Gasteiger charge is 2.25. The molecule has 1 aliphatic heterocycles. The Morgan fingerprint density at radius 1 is 1.17 bits per heavy atom. The van der Waals surface area contributed by atoms with Crippen LogP contribution in [-0.2, 0) is 10.0 Å². The van der Waals surface area contributed by atoms with Gasteiger partial charge in [-0.3, -0.25) is 0 Å². The minimum absolute atomic E-state index is 0. The molecule has 0 unspecified atom stereocenters. The zero-order valence-corrected chi connectivity index (χ0v) is 11.4. The van der Waals surface area contributed by atoms with E-state index >= 15 is 0 Å². The predicted octanol–water partition coefficient (Wildman–Crippen LogP) is 0.684.